The molecule has 2 aromatic rings. The van der Waals surface area contributed by atoms with Gasteiger partial charge in [-0.05, 0) is 19.1 Å². The molecule has 0 aliphatic carbocycles. The van der Waals surface area contributed by atoms with Gasteiger partial charge in [-0.15, -0.1) is 11.3 Å². The molecule has 2 N–H and O–H groups in total. The Kier molecular flexibility index (Phi) is 3.81. The molecule has 0 saturated heterocycles. The van der Waals surface area contributed by atoms with Crippen molar-refractivity contribution in [1.29, 1.82) is 0 Å². The van der Waals surface area contributed by atoms with Gasteiger partial charge in [0.1, 0.15) is 4.21 Å². The maximum absolute atomic E-state index is 11.9. The largest absolute Gasteiger partial charge is 0.391 e. The van der Waals surface area contributed by atoms with Crippen LogP contribution in [0, 0.1) is 6.92 Å². The van der Waals surface area contributed by atoms with Crippen molar-refractivity contribution in [2.45, 2.75) is 24.3 Å². The number of nitrogens with one attached hydrogen (secondary N) is 1. The normalized spacial score (nSPS) is 11.9. The van der Waals surface area contributed by atoms with Crippen LogP contribution in [-0.2, 0) is 23.2 Å². The summed E-state index contributed by atoms with van der Waals surface area (Å²) in [5.74, 6) is 0.454. The lowest BCUT2D eigenvalue weighted by Gasteiger charge is -2.01. The minimum atomic E-state index is -3.57. The average Bonchev–Trinajstić information content (AvgIpc) is 2.95. The van der Waals surface area contributed by atoms with Crippen LogP contribution >= 0.6 is 11.3 Å². The summed E-state index contributed by atoms with van der Waals surface area (Å²) in [7, 11) is -3.57. The Labute approximate surface area is 108 Å². The van der Waals surface area contributed by atoms with E-state index in [0.29, 0.717) is 16.3 Å². The van der Waals surface area contributed by atoms with E-state index in [4.69, 9.17) is 9.63 Å². The van der Waals surface area contributed by atoms with E-state index < -0.39 is 10.0 Å². The molecule has 2 heterocycles. The van der Waals surface area contributed by atoms with Gasteiger partial charge in [-0.2, -0.15) is 0 Å². The maximum atomic E-state index is 11.9. The summed E-state index contributed by atoms with van der Waals surface area (Å²) in [6.45, 7) is 1.64. The zero-order valence-corrected chi connectivity index (χ0v) is 11.2. The number of hydrogen-bond acceptors (Lipinski definition) is 6. The van der Waals surface area contributed by atoms with Crippen molar-refractivity contribution in [1.82, 2.24) is 9.88 Å². The van der Waals surface area contributed by atoms with Crippen molar-refractivity contribution >= 4 is 21.4 Å². The molecule has 8 heteroatoms. The topological polar surface area (TPSA) is 92.4 Å². The van der Waals surface area contributed by atoms with E-state index in [1.54, 1.807) is 19.1 Å². The molecule has 0 aliphatic rings. The molecule has 0 saturated carbocycles. The molecule has 6 nitrogen and oxygen atoms in total. The lowest BCUT2D eigenvalue weighted by Crippen LogP contribution is -2.22. The summed E-state index contributed by atoms with van der Waals surface area (Å²) in [5, 5.41) is 12.6. The highest BCUT2D eigenvalue weighted by molar-refractivity contribution is 7.91. The highest BCUT2D eigenvalue weighted by Gasteiger charge is 2.17. The molecule has 0 unspecified atom stereocenters. The average molecular weight is 288 g/mol. The van der Waals surface area contributed by atoms with Gasteiger partial charge < -0.3 is 9.63 Å². The smallest absolute Gasteiger partial charge is 0.250 e. The van der Waals surface area contributed by atoms with Crippen LogP contribution in [0.1, 0.15) is 16.3 Å². The Hall–Kier alpha value is -1.22. The predicted molar refractivity (Wildman–Crippen MR) is 65.5 cm³/mol. The van der Waals surface area contributed by atoms with E-state index in [0.717, 1.165) is 11.3 Å². The van der Waals surface area contributed by atoms with E-state index in [1.165, 1.54) is 6.07 Å². The summed E-state index contributed by atoms with van der Waals surface area (Å²) in [4.78, 5) is 0.603. The first-order valence-corrected chi connectivity index (χ1v) is 7.42. The van der Waals surface area contributed by atoms with Gasteiger partial charge in [0, 0.05) is 10.9 Å². The van der Waals surface area contributed by atoms with Crippen molar-refractivity contribution < 1.29 is 18.0 Å². The summed E-state index contributed by atoms with van der Waals surface area (Å²) < 4.78 is 31.3. The van der Waals surface area contributed by atoms with Gasteiger partial charge in [0.2, 0.25) is 10.0 Å². The molecule has 2 aromatic heterocycles. The van der Waals surface area contributed by atoms with Gasteiger partial charge in [-0.3, -0.25) is 0 Å². The Morgan fingerprint density at radius 1 is 1.50 bits per heavy atom. The molecule has 0 atom stereocenters. The van der Waals surface area contributed by atoms with E-state index >= 15 is 0 Å². The third kappa shape index (κ3) is 2.96. The second-order valence-electron chi connectivity index (χ2n) is 3.64. The molecular formula is C10H12N2O4S2. The molecule has 0 aliphatic heterocycles. The minimum absolute atomic E-state index is 0.0511. The molecule has 18 heavy (non-hydrogen) atoms. The van der Waals surface area contributed by atoms with Crippen LogP contribution in [0.15, 0.2) is 26.9 Å². The number of aliphatic hydroxyl groups is 1. The Balaban J connectivity index is 2.07. The van der Waals surface area contributed by atoms with Crippen molar-refractivity contribution in [3.05, 3.63) is 34.5 Å². The number of sulfonamides is 1. The van der Waals surface area contributed by atoms with Crippen LogP contribution < -0.4 is 4.72 Å². The quantitative estimate of drug-likeness (QED) is 0.856. The number of aromatic nitrogens is 1. The summed E-state index contributed by atoms with van der Waals surface area (Å²) in [6, 6.07) is 4.71. The molecule has 0 spiro atoms. The van der Waals surface area contributed by atoms with E-state index in [1.807, 2.05) is 0 Å². The van der Waals surface area contributed by atoms with Crippen LogP contribution in [0.25, 0.3) is 0 Å². The van der Waals surface area contributed by atoms with E-state index in [9.17, 15) is 8.42 Å². The lowest BCUT2D eigenvalue weighted by molar-refractivity contribution is 0.285. The van der Waals surface area contributed by atoms with Crippen molar-refractivity contribution in [2.75, 3.05) is 0 Å². The standard InChI is InChI=1S/C10H12N2O4S2/c1-7-4-8(16-12-7)5-11-18(14,15)10-3-2-9(6-13)17-10/h2-4,11,13H,5-6H2,1H3. The van der Waals surface area contributed by atoms with Crippen LogP contribution in [0.5, 0.6) is 0 Å². The Morgan fingerprint density at radius 3 is 2.83 bits per heavy atom. The molecule has 0 aromatic carbocycles. The van der Waals surface area contributed by atoms with Gasteiger partial charge in [0.15, 0.2) is 5.76 Å². The molecule has 0 bridgehead atoms. The molecule has 0 radical (unpaired) electrons. The third-order valence-electron chi connectivity index (χ3n) is 2.17. The number of hydrogen-bond donors (Lipinski definition) is 2. The molecular weight excluding hydrogens is 276 g/mol. The van der Waals surface area contributed by atoms with E-state index in [-0.39, 0.29) is 17.4 Å². The number of rotatable bonds is 5. The van der Waals surface area contributed by atoms with Crippen LogP contribution in [0.3, 0.4) is 0 Å². The van der Waals surface area contributed by atoms with E-state index in [2.05, 4.69) is 9.88 Å². The van der Waals surface area contributed by atoms with Crippen molar-refractivity contribution in [3.63, 3.8) is 0 Å². The van der Waals surface area contributed by atoms with Crippen molar-refractivity contribution in [3.8, 4) is 0 Å². The molecule has 0 fully saturated rings. The summed E-state index contributed by atoms with van der Waals surface area (Å²) in [5.41, 5.74) is 0.697. The first kappa shape index (κ1) is 13.2. The first-order valence-electron chi connectivity index (χ1n) is 5.13. The monoisotopic (exact) mass is 288 g/mol. The van der Waals surface area contributed by atoms with Gasteiger partial charge in [-0.25, -0.2) is 13.1 Å². The maximum Gasteiger partial charge on any atom is 0.250 e. The zero-order valence-electron chi connectivity index (χ0n) is 9.58. The Bertz CT molecular complexity index is 630. The highest BCUT2D eigenvalue weighted by atomic mass is 32.2. The summed E-state index contributed by atoms with van der Waals surface area (Å²) in [6.07, 6.45) is 0. The minimum Gasteiger partial charge on any atom is -0.391 e. The summed E-state index contributed by atoms with van der Waals surface area (Å²) >= 11 is 1.03. The van der Waals surface area contributed by atoms with Gasteiger partial charge in [-0.1, -0.05) is 5.16 Å². The third-order valence-corrected chi connectivity index (χ3v) is 5.13. The zero-order chi connectivity index (χ0) is 13.2. The fourth-order valence-electron chi connectivity index (χ4n) is 1.32. The van der Waals surface area contributed by atoms with Crippen LogP contribution in [-0.4, -0.2) is 18.7 Å². The highest BCUT2D eigenvalue weighted by Crippen LogP contribution is 2.21. The Morgan fingerprint density at radius 2 is 2.28 bits per heavy atom. The van der Waals surface area contributed by atoms with Gasteiger partial charge in [0.25, 0.3) is 0 Å². The number of aryl methyl sites for hydroxylation is 1. The van der Waals surface area contributed by atoms with Crippen LogP contribution in [0.2, 0.25) is 0 Å². The lowest BCUT2D eigenvalue weighted by atomic mass is 10.4. The molecule has 2 rings (SSSR count). The SMILES string of the molecule is Cc1cc(CNS(=O)(=O)c2ccc(CO)s2)on1. The fraction of sp³-hybridized carbons (Fsp3) is 0.300. The first-order chi connectivity index (χ1) is 8.51. The van der Waals surface area contributed by atoms with Crippen LogP contribution in [0.4, 0.5) is 0 Å². The van der Waals surface area contributed by atoms with Gasteiger partial charge in [0.05, 0.1) is 18.8 Å². The fourth-order valence-corrected chi connectivity index (χ4v) is 3.58. The number of thiophene rings is 1. The molecule has 0 amide bonds. The number of nitrogens with zero attached hydrogens (tertiary/aromatic N) is 1. The predicted octanol–water partition coefficient (Wildman–Crippen LogP) is 1.02. The second-order valence-corrected chi connectivity index (χ2v) is 6.80. The second kappa shape index (κ2) is 5.19. The molecule has 98 valence electrons. The van der Waals surface area contributed by atoms with Crippen molar-refractivity contribution in [2.24, 2.45) is 0 Å². The number of aliphatic hydroxyl groups excluding tert-OH is 1. The van der Waals surface area contributed by atoms with Gasteiger partial charge >= 0.3 is 0 Å².